The van der Waals surface area contributed by atoms with E-state index in [0.29, 0.717) is 10.6 Å². The van der Waals surface area contributed by atoms with E-state index in [1.165, 1.54) is 47.9 Å². The van der Waals surface area contributed by atoms with Crippen molar-refractivity contribution in [2.75, 3.05) is 18.6 Å². The highest BCUT2D eigenvalue weighted by Gasteiger charge is 2.46. The molecule has 1 N–H and O–H groups in total. The summed E-state index contributed by atoms with van der Waals surface area (Å²) in [5, 5.41) is 3.02. The van der Waals surface area contributed by atoms with E-state index < -0.39 is 41.0 Å². The van der Waals surface area contributed by atoms with Crippen molar-refractivity contribution in [3.63, 3.8) is 0 Å². The van der Waals surface area contributed by atoms with Gasteiger partial charge in [0, 0.05) is 54.0 Å². The molecule has 1 saturated heterocycles. The molecular formula is C25H22ClF2N3O4. The van der Waals surface area contributed by atoms with Gasteiger partial charge in [0.15, 0.2) is 0 Å². The summed E-state index contributed by atoms with van der Waals surface area (Å²) in [4.78, 5) is 40.5. The lowest BCUT2D eigenvalue weighted by atomic mass is 9.92. The number of pyridine rings is 1. The Bertz CT molecular complexity index is 1350. The van der Waals surface area contributed by atoms with Crippen LogP contribution >= 0.6 is 11.6 Å². The molecule has 1 aliphatic rings. The van der Waals surface area contributed by atoms with Crippen molar-refractivity contribution < 1.29 is 23.1 Å². The Morgan fingerprint density at radius 2 is 1.74 bits per heavy atom. The maximum atomic E-state index is 15.1. The van der Waals surface area contributed by atoms with Crippen molar-refractivity contribution in [3.05, 3.63) is 92.4 Å². The lowest BCUT2D eigenvalue weighted by molar-refractivity contribution is -0.118. The Kier molecular flexibility index (Phi) is 6.62. The number of nitrogens with one attached hydrogen (secondary N) is 1. The molecule has 3 aromatic rings. The first-order valence-electron chi connectivity index (χ1n) is 10.7. The molecule has 1 aliphatic heterocycles. The Hall–Kier alpha value is -3.72. The Balaban J connectivity index is 1.80. The van der Waals surface area contributed by atoms with E-state index in [-0.39, 0.29) is 29.1 Å². The van der Waals surface area contributed by atoms with Crippen LogP contribution in [0.3, 0.4) is 0 Å². The molecule has 2 amide bonds. The quantitative estimate of drug-likeness (QED) is 0.579. The van der Waals surface area contributed by atoms with Gasteiger partial charge in [-0.25, -0.2) is 8.78 Å². The highest BCUT2D eigenvalue weighted by molar-refractivity contribution is 6.30. The van der Waals surface area contributed by atoms with E-state index in [9.17, 15) is 14.4 Å². The van der Waals surface area contributed by atoms with Gasteiger partial charge in [-0.15, -0.1) is 0 Å². The van der Waals surface area contributed by atoms with Crippen LogP contribution in [0, 0.1) is 18.6 Å². The first kappa shape index (κ1) is 24.4. The number of ether oxygens (including phenoxy) is 1. The van der Waals surface area contributed by atoms with Gasteiger partial charge >= 0.3 is 0 Å². The number of aromatic nitrogens is 1. The van der Waals surface area contributed by atoms with Gasteiger partial charge in [-0.05, 0) is 42.8 Å². The summed E-state index contributed by atoms with van der Waals surface area (Å²) < 4.78 is 36.4. The number of anilines is 1. The molecular weight excluding hydrogens is 480 g/mol. The zero-order valence-electron chi connectivity index (χ0n) is 19.1. The molecule has 0 spiro atoms. The molecule has 2 heterocycles. The monoisotopic (exact) mass is 501 g/mol. The average Bonchev–Trinajstić information content (AvgIpc) is 3.12. The van der Waals surface area contributed by atoms with E-state index in [1.54, 1.807) is 19.2 Å². The van der Waals surface area contributed by atoms with Crippen molar-refractivity contribution in [2.24, 2.45) is 7.05 Å². The molecule has 0 bridgehead atoms. The number of halogens is 3. The first-order chi connectivity index (χ1) is 16.6. The summed E-state index contributed by atoms with van der Waals surface area (Å²) in [5.74, 6) is -4.28. The molecule has 0 saturated carbocycles. The maximum Gasteiger partial charge on any atom is 0.274 e. The fraction of sp³-hybridized carbons (Fsp3) is 0.240. The normalized spacial score (nSPS) is 17.5. The van der Waals surface area contributed by atoms with Gasteiger partial charge in [-0.2, -0.15) is 0 Å². The van der Waals surface area contributed by atoms with Crippen molar-refractivity contribution in [2.45, 2.75) is 18.9 Å². The Morgan fingerprint density at radius 1 is 1.11 bits per heavy atom. The molecule has 2 atom stereocenters. The number of carbonyl (C=O) groups excluding carboxylic acids is 2. The minimum Gasteiger partial charge on any atom is -0.497 e. The fourth-order valence-corrected chi connectivity index (χ4v) is 4.37. The smallest absolute Gasteiger partial charge is 0.274 e. The molecule has 1 fully saturated rings. The van der Waals surface area contributed by atoms with E-state index in [2.05, 4.69) is 5.32 Å². The Morgan fingerprint density at radius 3 is 2.34 bits per heavy atom. The topological polar surface area (TPSA) is 80.6 Å². The van der Waals surface area contributed by atoms with Gasteiger partial charge < -0.3 is 19.5 Å². The number of hydrogen-bond donors (Lipinski definition) is 1. The zero-order chi connectivity index (χ0) is 25.4. The van der Waals surface area contributed by atoms with Gasteiger partial charge in [-0.1, -0.05) is 11.6 Å². The first-order valence-corrected chi connectivity index (χ1v) is 11.1. The van der Waals surface area contributed by atoms with Crippen LogP contribution in [0.25, 0.3) is 0 Å². The minimum atomic E-state index is -1.33. The second-order valence-electron chi connectivity index (χ2n) is 8.28. The van der Waals surface area contributed by atoms with Gasteiger partial charge in [0.1, 0.15) is 29.1 Å². The van der Waals surface area contributed by atoms with Crippen LogP contribution in [-0.2, 0) is 11.8 Å². The number of aryl methyl sites for hydroxylation is 2. The predicted molar refractivity (Wildman–Crippen MR) is 127 cm³/mol. The average molecular weight is 502 g/mol. The van der Waals surface area contributed by atoms with Crippen LogP contribution in [0.5, 0.6) is 5.75 Å². The lowest BCUT2D eigenvalue weighted by Gasteiger charge is -2.20. The standard InChI is InChI=1S/C25H22ClF2N3O4/c1-13-8-9-30(2)25(34)22(13)31-12-17(20-18(27)10-16(35-3)11-19(20)28)21(24(31)33)29-23(32)14-4-6-15(26)7-5-14/h4-11,17,21H,12H2,1-3H3,(H,29,32)/t17-,21-/m0/s1. The predicted octanol–water partition coefficient (Wildman–Crippen LogP) is 3.56. The van der Waals surface area contributed by atoms with E-state index in [4.69, 9.17) is 16.3 Å². The van der Waals surface area contributed by atoms with Crippen molar-refractivity contribution >= 4 is 29.1 Å². The third-order valence-corrected chi connectivity index (χ3v) is 6.33. The number of methoxy groups -OCH3 is 1. The van der Waals surface area contributed by atoms with Gasteiger partial charge in [-0.3, -0.25) is 14.4 Å². The molecule has 0 unspecified atom stereocenters. The molecule has 7 nitrogen and oxygen atoms in total. The number of hydrogen-bond acceptors (Lipinski definition) is 4. The summed E-state index contributed by atoms with van der Waals surface area (Å²) in [5.41, 5.74) is -0.0177. The summed E-state index contributed by atoms with van der Waals surface area (Å²) >= 11 is 5.88. The minimum absolute atomic E-state index is 0.0283. The largest absolute Gasteiger partial charge is 0.497 e. The van der Waals surface area contributed by atoms with E-state index in [1.807, 2.05) is 0 Å². The van der Waals surface area contributed by atoms with Crippen LogP contribution in [0.15, 0.2) is 53.5 Å². The van der Waals surface area contributed by atoms with Crippen LogP contribution < -0.4 is 20.5 Å². The Labute approximate surface area is 204 Å². The summed E-state index contributed by atoms with van der Waals surface area (Å²) in [6.07, 6.45) is 1.56. The molecule has 2 aromatic carbocycles. The molecule has 1 aromatic heterocycles. The number of nitrogens with zero attached hydrogens (tertiary/aromatic N) is 2. The van der Waals surface area contributed by atoms with Crippen molar-refractivity contribution in [3.8, 4) is 5.75 Å². The second-order valence-corrected chi connectivity index (χ2v) is 8.72. The number of amides is 2. The van der Waals surface area contributed by atoms with Crippen LogP contribution in [0.2, 0.25) is 5.02 Å². The third-order valence-electron chi connectivity index (χ3n) is 6.08. The van der Waals surface area contributed by atoms with Crippen LogP contribution in [0.1, 0.15) is 27.4 Å². The molecule has 0 radical (unpaired) electrons. The molecule has 10 heteroatoms. The molecule has 182 valence electrons. The second kappa shape index (κ2) is 9.50. The van der Waals surface area contributed by atoms with E-state index in [0.717, 1.165) is 12.1 Å². The van der Waals surface area contributed by atoms with Crippen molar-refractivity contribution in [1.82, 2.24) is 9.88 Å². The fourth-order valence-electron chi connectivity index (χ4n) is 4.25. The zero-order valence-corrected chi connectivity index (χ0v) is 19.9. The SMILES string of the molecule is COc1cc(F)c([C@@H]2CN(c3c(C)ccn(C)c3=O)C(=O)[C@H]2NC(=O)c2ccc(Cl)cc2)c(F)c1. The maximum absolute atomic E-state index is 15.1. The molecule has 35 heavy (non-hydrogen) atoms. The summed E-state index contributed by atoms with van der Waals surface area (Å²) in [6.45, 7) is 1.44. The van der Waals surface area contributed by atoms with Gasteiger partial charge in [0.05, 0.1) is 7.11 Å². The molecule has 0 aliphatic carbocycles. The highest BCUT2D eigenvalue weighted by atomic mass is 35.5. The highest BCUT2D eigenvalue weighted by Crippen LogP contribution is 2.36. The number of benzene rings is 2. The van der Waals surface area contributed by atoms with Gasteiger partial charge in [0.2, 0.25) is 5.91 Å². The summed E-state index contributed by atoms with van der Waals surface area (Å²) in [7, 11) is 2.81. The van der Waals surface area contributed by atoms with Crippen molar-refractivity contribution in [1.29, 1.82) is 0 Å². The van der Waals surface area contributed by atoms with Gasteiger partial charge in [0.25, 0.3) is 11.5 Å². The van der Waals surface area contributed by atoms with Crippen LogP contribution in [-0.4, -0.2) is 36.1 Å². The lowest BCUT2D eigenvalue weighted by Crippen LogP contribution is -2.44. The third kappa shape index (κ3) is 4.51. The summed E-state index contributed by atoms with van der Waals surface area (Å²) in [6, 6.07) is 8.30. The van der Waals surface area contributed by atoms with E-state index >= 15 is 8.78 Å². The molecule has 4 rings (SSSR count). The van der Waals surface area contributed by atoms with Crippen LogP contribution in [0.4, 0.5) is 14.5 Å². The number of carbonyl (C=O) groups is 2. The number of rotatable bonds is 5.